The van der Waals surface area contributed by atoms with Gasteiger partial charge in [-0.15, -0.1) is 0 Å². The molecule has 0 radical (unpaired) electrons. The average Bonchev–Trinajstić information content (AvgIpc) is 2.54. The number of carbonyl (C=O) groups is 2. The van der Waals surface area contributed by atoms with E-state index in [-0.39, 0.29) is 5.41 Å². The number of rotatable bonds is 4. The highest BCUT2D eigenvalue weighted by molar-refractivity contribution is 6.03. The van der Waals surface area contributed by atoms with E-state index in [2.05, 4.69) is 26.1 Å². The van der Waals surface area contributed by atoms with Crippen molar-refractivity contribution in [3.05, 3.63) is 71.3 Å². The Kier molecular flexibility index (Phi) is 4.96. The number of aliphatic hydroxyl groups is 1. The first-order valence-electron chi connectivity index (χ1n) is 7.48. The Hall–Kier alpha value is -2.46. The van der Waals surface area contributed by atoms with Crippen molar-refractivity contribution in [2.75, 3.05) is 0 Å². The molecule has 0 aromatic heterocycles. The Morgan fingerprint density at radius 2 is 1.48 bits per heavy atom. The summed E-state index contributed by atoms with van der Waals surface area (Å²) in [6.45, 7) is 6.26. The summed E-state index contributed by atoms with van der Waals surface area (Å²) >= 11 is 0. The number of Topliss-reactive ketones (excluding diaryl/α,β-unsaturated/α-hetero) is 1. The molecular formula is C19H21NO3. The van der Waals surface area contributed by atoms with Crippen molar-refractivity contribution < 1.29 is 14.7 Å². The summed E-state index contributed by atoms with van der Waals surface area (Å²) < 4.78 is 0. The van der Waals surface area contributed by atoms with Gasteiger partial charge < -0.3 is 10.4 Å². The van der Waals surface area contributed by atoms with Crippen molar-refractivity contribution in [1.82, 2.24) is 5.32 Å². The van der Waals surface area contributed by atoms with Gasteiger partial charge in [-0.25, -0.2) is 0 Å². The van der Waals surface area contributed by atoms with Crippen molar-refractivity contribution in [3.8, 4) is 0 Å². The molecule has 0 aliphatic rings. The van der Waals surface area contributed by atoms with Gasteiger partial charge in [-0.05, 0) is 23.1 Å². The Bertz CT molecular complexity index is 685. The summed E-state index contributed by atoms with van der Waals surface area (Å²) in [6, 6.07) is 15.5. The lowest BCUT2D eigenvalue weighted by atomic mass is 9.87. The van der Waals surface area contributed by atoms with Crippen LogP contribution in [0.5, 0.6) is 0 Å². The van der Waals surface area contributed by atoms with Crippen LogP contribution in [0.25, 0.3) is 0 Å². The standard InChI is InChI=1S/C19H21NO3/c1-19(2,3)15-11-9-14(10-12-15)17(22)20-18(23)16(21)13-7-5-4-6-8-13/h4-12,18,23H,1-3H3,(H,20,22)/t18-/m0/s1. The molecule has 0 unspecified atom stereocenters. The molecule has 0 heterocycles. The fraction of sp³-hybridized carbons (Fsp3) is 0.263. The quantitative estimate of drug-likeness (QED) is 0.674. The first-order chi connectivity index (χ1) is 10.8. The van der Waals surface area contributed by atoms with Gasteiger partial charge in [0.25, 0.3) is 5.91 Å². The summed E-state index contributed by atoms with van der Waals surface area (Å²) in [6.07, 6.45) is -1.56. The molecule has 0 bridgehead atoms. The van der Waals surface area contributed by atoms with Gasteiger partial charge in [-0.1, -0.05) is 63.2 Å². The van der Waals surface area contributed by atoms with E-state index in [1.807, 2.05) is 12.1 Å². The number of benzene rings is 2. The van der Waals surface area contributed by atoms with E-state index >= 15 is 0 Å². The molecular weight excluding hydrogens is 290 g/mol. The second-order valence-corrected chi connectivity index (χ2v) is 6.43. The van der Waals surface area contributed by atoms with E-state index < -0.39 is 17.9 Å². The highest BCUT2D eigenvalue weighted by Gasteiger charge is 2.20. The molecule has 0 fully saturated rings. The number of ketones is 1. The van der Waals surface area contributed by atoms with Crippen LogP contribution in [0.4, 0.5) is 0 Å². The Morgan fingerprint density at radius 3 is 2.00 bits per heavy atom. The van der Waals surface area contributed by atoms with Crippen LogP contribution in [-0.4, -0.2) is 23.0 Å². The van der Waals surface area contributed by atoms with Crippen LogP contribution in [0, 0.1) is 0 Å². The molecule has 2 N–H and O–H groups in total. The number of hydrogen-bond acceptors (Lipinski definition) is 3. The number of aliphatic hydroxyl groups excluding tert-OH is 1. The van der Waals surface area contributed by atoms with E-state index in [1.165, 1.54) is 0 Å². The van der Waals surface area contributed by atoms with Gasteiger partial charge >= 0.3 is 0 Å². The van der Waals surface area contributed by atoms with Crippen molar-refractivity contribution in [3.63, 3.8) is 0 Å². The first-order valence-corrected chi connectivity index (χ1v) is 7.48. The van der Waals surface area contributed by atoms with Gasteiger partial charge in [0, 0.05) is 11.1 Å². The fourth-order valence-electron chi connectivity index (χ4n) is 2.15. The predicted octanol–water partition coefficient (Wildman–Crippen LogP) is 2.92. The van der Waals surface area contributed by atoms with Crippen LogP contribution in [0.3, 0.4) is 0 Å². The number of carbonyl (C=O) groups excluding carboxylic acids is 2. The average molecular weight is 311 g/mol. The second kappa shape index (κ2) is 6.75. The van der Waals surface area contributed by atoms with Gasteiger partial charge in [-0.2, -0.15) is 0 Å². The molecule has 0 aliphatic carbocycles. The molecule has 120 valence electrons. The summed E-state index contributed by atoms with van der Waals surface area (Å²) in [7, 11) is 0. The zero-order chi connectivity index (χ0) is 17.0. The molecule has 2 rings (SSSR count). The minimum atomic E-state index is -1.56. The molecule has 2 aromatic carbocycles. The highest BCUT2D eigenvalue weighted by Crippen LogP contribution is 2.22. The van der Waals surface area contributed by atoms with Crippen LogP contribution in [0.15, 0.2) is 54.6 Å². The molecule has 0 aliphatic heterocycles. The van der Waals surface area contributed by atoms with Crippen LogP contribution in [0.1, 0.15) is 47.1 Å². The van der Waals surface area contributed by atoms with Gasteiger partial charge in [-0.3, -0.25) is 9.59 Å². The lowest BCUT2D eigenvalue weighted by molar-refractivity contribution is 0.0607. The molecule has 2 aromatic rings. The van der Waals surface area contributed by atoms with Crippen molar-refractivity contribution in [2.45, 2.75) is 32.4 Å². The van der Waals surface area contributed by atoms with E-state index in [4.69, 9.17) is 0 Å². The molecule has 1 amide bonds. The maximum Gasteiger partial charge on any atom is 0.253 e. The SMILES string of the molecule is CC(C)(C)c1ccc(C(=O)N[C@@H](O)C(=O)c2ccccc2)cc1. The molecule has 23 heavy (non-hydrogen) atoms. The normalized spacial score (nSPS) is 12.5. The molecule has 0 saturated heterocycles. The molecule has 4 nitrogen and oxygen atoms in total. The highest BCUT2D eigenvalue weighted by atomic mass is 16.3. The van der Waals surface area contributed by atoms with E-state index in [0.717, 1.165) is 5.56 Å². The first kappa shape index (κ1) is 16.9. The molecule has 4 heteroatoms. The summed E-state index contributed by atoms with van der Waals surface area (Å²) in [5.41, 5.74) is 1.86. The lowest BCUT2D eigenvalue weighted by Crippen LogP contribution is -2.40. The van der Waals surface area contributed by atoms with Crippen LogP contribution < -0.4 is 5.32 Å². The lowest BCUT2D eigenvalue weighted by Gasteiger charge is -2.19. The summed E-state index contributed by atoms with van der Waals surface area (Å²) in [4.78, 5) is 24.2. The van der Waals surface area contributed by atoms with Crippen molar-refractivity contribution in [2.24, 2.45) is 0 Å². The third kappa shape index (κ3) is 4.27. The molecule has 1 atom stereocenters. The summed E-state index contributed by atoms with van der Waals surface area (Å²) in [5, 5.41) is 12.2. The molecule has 0 spiro atoms. The van der Waals surface area contributed by atoms with E-state index in [9.17, 15) is 14.7 Å². The van der Waals surface area contributed by atoms with Crippen LogP contribution >= 0.6 is 0 Å². The van der Waals surface area contributed by atoms with Gasteiger partial charge in [0.05, 0.1) is 0 Å². The van der Waals surface area contributed by atoms with E-state index in [0.29, 0.717) is 11.1 Å². The van der Waals surface area contributed by atoms with Crippen molar-refractivity contribution >= 4 is 11.7 Å². The Morgan fingerprint density at radius 1 is 0.913 bits per heavy atom. The summed E-state index contributed by atoms with van der Waals surface area (Å²) in [5.74, 6) is -1.02. The maximum atomic E-state index is 12.1. The topological polar surface area (TPSA) is 66.4 Å². The van der Waals surface area contributed by atoms with Crippen LogP contribution in [-0.2, 0) is 5.41 Å². The number of hydrogen-bond donors (Lipinski definition) is 2. The smallest absolute Gasteiger partial charge is 0.253 e. The molecule has 0 saturated carbocycles. The van der Waals surface area contributed by atoms with Gasteiger partial charge in [0.1, 0.15) is 0 Å². The Labute approximate surface area is 136 Å². The van der Waals surface area contributed by atoms with Gasteiger partial charge in [0.15, 0.2) is 6.23 Å². The van der Waals surface area contributed by atoms with E-state index in [1.54, 1.807) is 42.5 Å². The fourth-order valence-corrected chi connectivity index (χ4v) is 2.15. The minimum absolute atomic E-state index is 0.00219. The number of amides is 1. The second-order valence-electron chi connectivity index (χ2n) is 6.43. The van der Waals surface area contributed by atoms with Gasteiger partial charge in [0.2, 0.25) is 5.78 Å². The largest absolute Gasteiger partial charge is 0.367 e. The zero-order valence-corrected chi connectivity index (χ0v) is 13.5. The number of nitrogens with one attached hydrogen (secondary N) is 1. The third-order valence-electron chi connectivity index (χ3n) is 3.59. The van der Waals surface area contributed by atoms with Crippen LogP contribution in [0.2, 0.25) is 0 Å². The Balaban J connectivity index is 2.05. The monoisotopic (exact) mass is 311 g/mol. The van der Waals surface area contributed by atoms with Crippen molar-refractivity contribution in [1.29, 1.82) is 0 Å². The maximum absolute atomic E-state index is 12.1. The zero-order valence-electron chi connectivity index (χ0n) is 13.5. The third-order valence-corrected chi connectivity index (χ3v) is 3.59. The predicted molar refractivity (Wildman–Crippen MR) is 89.4 cm³/mol. The minimum Gasteiger partial charge on any atom is -0.367 e.